The summed E-state index contributed by atoms with van der Waals surface area (Å²) in [5.74, 6) is -1.11. The predicted molar refractivity (Wildman–Crippen MR) is 122 cm³/mol. The summed E-state index contributed by atoms with van der Waals surface area (Å²) in [7, 11) is 0. The number of fused-ring (bicyclic) bond motifs is 1. The summed E-state index contributed by atoms with van der Waals surface area (Å²) in [5.41, 5.74) is 3.61. The second kappa shape index (κ2) is 9.19. The molecule has 4 rings (SSSR count). The molecule has 2 heterocycles. The van der Waals surface area contributed by atoms with Crippen molar-refractivity contribution in [2.24, 2.45) is 0 Å². The third kappa shape index (κ3) is 4.33. The fraction of sp³-hybridized carbons (Fsp3) is 0. The first-order chi connectivity index (χ1) is 15.5. The van der Waals surface area contributed by atoms with E-state index in [1.165, 1.54) is 24.5 Å². The van der Waals surface area contributed by atoms with Crippen LogP contribution in [0.5, 0.6) is 0 Å². The molecule has 0 radical (unpaired) electrons. The number of nitrogens with one attached hydrogen (secondary N) is 2. The molecule has 8 nitrogen and oxygen atoms in total. The lowest BCUT2D eigenvalue weighted by molar-refractivity contribution is 0.0875. The van der Waals surface area contributed by atoms with Gasteiger partial charge in [0.2, 0.25) is 0 Å². The highest BCUT2D eigenvalue weighted by Gasteiger charge is 2.18. The number of aromatic nitrogens is 2. The number of para-hydroxylation sites is 1. The Hall–Kier alpha value is -3.72. The van der Waals surface area contributed by atoms with Crippen LogP contribution in [-0.2, 0) is 0 Å². The number of pyridine rings is 2. The van der Waals surface area contributed by atoms with Crippen molar-refractivity contribution in [2.75, 3.05) is 10.5 Å². The normalized spacial score (nSPS) is 10.6. The minimum Gasteiger partial charge on any atom is -0.320 e. The van der Waals surface area contributed by atoms with E-state index < -0.39 is 11.8 Å². The van der Waals surface area contributed by atoms with Gasteiger partial charge in [0.1, 0.15) is 5.69 Å². The standard InChI is InChI=1S/C22H15Cl2N5O3/c23-14-6-4-7-15(24)19(14)22(31)27-16-9-3-5-13-18(10-12-26-20(13)16)29(32)28-21(30)17-8-1-2-11-25-17/h1-12,32H,(H,27,31)(H,28,30). The molecule has 3 N–H and O–H groups in total. The predicted octanol–water partition coefficient (Wildman–Crippen LogP) is 4.73. The number of hydrogen-bond donors (Lipinski definition) is 3. The lowest BCUT2D eigenvalue weighted by Gasteiger charge is -2.19. The van der Waals surface area contributed by atoms with Crippen LogP contribution < -0.4 is 15.9 Å². The van der Waals surface area contributed by atoms with Crippen LogP contribution >= 0.6 is 23.2 Å². The second-order valence-electron chi connectivity index (χ2n) is 6.55. The van der Waals surface area contributed by atoms with Gasteiger partial charge in [-0.25, -0.2) is 5.43 Å². The van der Waals surface area contributed by atoms with Crippen LogP contribution in [0.3, 0.4) is 0 Å². The molecule has 2 aromatic carbocycles. The van der Waals surface area contributed by atoms with Crippen molar-refractivity contribution in [3.8, 4) is 0 Å². The number of carbonyl (C=O) groups is 2. The quantitative estimate of drug-likeness (QED) is 0.366. The van der Waals surface area contributed by atoms with Gasteiger partial charge in [-0.1, -0.05) is 47.5 Å². The van der Waals surface area contributed by atoms with E-state index in [-0.39, 0.29) is 27.0 Å². The molecule has 0 atom stereocenters. The van der Waals surface area contributed by atoms with Crippen molar-refractivity contribution in [3.05, 3.63) is 94.4 Å². The van der Waals surface area contributed by atoms with Gasteiger partial charge in [-0.2, -0.15) is 5.17 Å². The van der Waals surface area contributed by atoms with Gasteiger partial charge < -0.3 is 5.32 Å². The minimum atomic E-state index is -0.601. The third-order valence-corrected chi connectivity index (χ3v) is 5.15. The number of anilines is 2. The van der Waals surface area contributed by atoms with E-state index in [9.17, 15) is 14.8 Å². The van der Waals surface area contributed by atoms with Crippen molar-refractivity contribution < 1.29 is 14.8 Å². The van der Waals surface area contributed by atoms with E-state index in [4.69, 9.17) is 23.2 Å². The van der Waals surface area contributed by atoms with Crippen molar-refractivity contribution in [1.29, 1.82) is 0 Å². The maximum atomic E-state index is 12.8. The van der Waals surface area contributed by atoms with Crippen molar-refractivity contribution >= 4 is 57.3 Å². The first-order valence-electron chi connectivity index (χ1n) is 9.30. The molecule has 0 unspecified atom stereocenters. The molecule has 32 heavy (non-hydrogen) atoms. The van der Waals surface area contributed by atoms with E-state index in [2.05, 4.69) is 20.7 Å². The Morgan fingerprint density at radius 2 is 1.59 bits per heavy atom. The molecule has 0 aliphatic heterocycles. The maximum Gasteiger partial charge on any atom is 0.290 e. The van der Waals surface area contributed by atoms with Gasteiger partial charge in [-0.15, -0.1) is 0 Å². The molecule has 2 amide bonds. The highest BCUT2D eigenvalue weighted by Crippen LogP contribution is 2.30. The smallest absolute Gasteiger partial charge is 0.290 e. The Bertz CT molecular complexity index is 1300. The lowest BCUT2D eigenvalue weighted by Crippen LogP contribution is -2.40. The molecular formula is C22H15Cl2N5O3. The summed E-state index contributed by atoms with van der Waals surface area (Å²) < 4.78 is 0. The van der Waals surface area contributed by atoms with Gasteiger partial charge in [0.15, 0.2) is 0 Å². The first-order valence-corrected chi connectivity index (χ1v) is 10.1. The van der Waals surface area contributed by atoms with Crippen LogP contribution in [0.4, 0.5) is 11.4 Å². The van der Waals surface area contributed by atoms with Crippen molar-refractivity contribution in [1.82, 2.24) is 15.4 Å². The summed E-state index contributed by atoms with van der Waals surface area (Å²) in [4.78, 5) is 33.4. The average Bonchev–Trinajstić information content (AvgIpc) is 2.79. The minimum absolute atomic E-state index is 0.134. The number of rotatable bonds is 5. The molecular weight excluding hydrogens is 453 g/mol. The number of benzene rings is 2. The summed E-state index contributed by atoms with van der Waals surface area (Å²) in [6, 6.07) is 16.1. The van der Waals surface area contributed by atoms with Gasteiger partial charge in [0, 0.05) is 17.8 Å². The molecule has 0 aliphatic rings. The highest BCUT2D eigenvalue weighted by atomic mass is 35.5. The Balaban J connectivity index is 1.64. The maximum absolute atomic E-state index is 12.8. The monoisotopic (exact) mass is 467 g/mol. The van der Waals surface area contributed by atoms with E-state index >= 15 is 0 Å². The number of nitrogens with zero attached hydrogens (tertiary/aromatic N) is 3. The topological polar surface area (TPSA) is 107 Å². The molecule has 0 saturated carbocycles. The zero-order chi connectivity index (χ0) is 22.7. The number of hydrogen-bond acceptors (Lipinski definition) is 6. The fourth-order valence-corrected chi connectivity index (χ4v) is 3.63. The summed E-state index contributed by atoms with van der Waals surface area (Å²) in [5, 5.41) is 14.7. The largest absolute Gasteiger partial charge is 0.320 e. The van der Waals surface area contributed by atoms with Gasteiger partial charge in [0.25, 0.3) is 11.8 Å². The SMILES string of the molecule is O=C(NN(O)c1ccnc2c(NC(=O)c3c(Cl)cccc3Cl)cccc12)c1ccccn1. The summed E-state index contributed by atoms with van der Waals surface area (Å²) in [6.45, 7) is 0. The molecule has 0 spiro atoms. The zero-order valence-corrected chi connectivity index (χ0v) is 17.8. The van der Waals surface area contributed by atoms with Crippen molar-refractivity contribution in [3.63, 3.8) is 0 Å². The van der Waals surface area contributed by atoms with Gasteiger partial charge in [0.05, 0.1) is 32.5 Å². The lowest BCUT2D eigenvalue weighted by atomic mass is 10.1. The van der Waals surface area contributed by atoms with E-state index in [0.29, 0.717) is 21.8 Å². The van der Waals surface area contributed by atoms with Gasteiger partial charge >= 0.3 is 0 Å². The number of halogens is 2. The summed E-state index contributed by atoms with van der Waals surface area (Å²) >= 11 is 12.3. The number of amides is 2. The molecule has 0 aliphatic carbocycles. The molecule has 10 heteroatoms. The third-order valence-electron chi connectivity index (χ3n) is 4.52. The molecule has 0 saturated heterocycles. The van der Waals surface area contributed by atoms with Crippen molar-refractivity contribution in [2.45, 2.75) is 0 Å². The molecule has 0 bridgehead atoms. The fourth-order valence-electron chi connectivity index (χ4n) is 3.06. The first kappa shape index (κ1) is 21.5. The number of hydrazine groups is 1. The Labute approximate surface area is 192 Å². The van der Waals surface area contributed by atoms with Gasteiger partial charge in [-0.3, -0.25) is 24.8 Å². The van der Waals surface area contributed by atoms with E-state index in [1.54, 1.807) is 48.5 Å². The Morgan fingerprint density at radius 3 is 2.31 bits per heavy atom. The van der Waals surface area contributed by atoms with Crippen LogP contribution in [0.15, 0.2) is 73.1 Å². The molecule has 160 valence electrons. The average molecular weight is 468 g/mol. The van der Waals surface area contributed by atoms with Crippen LogP contribution in [0.1, 0.15) is 20.8 Å². The molecule has 2 aromatic heterocycles. The van der Waals surface area contributed by atoms with E-state index in [0.717, 1.165) is 0 Å². The van der Waals surface area contributed by atoms with Crippen LogP contribution in [0, 0.1) is 0 Å². The van der Waals surface area contributed by atoms with Crippen LogP contribution in [0.25, 0.3) is 10.9 Å². The van der Waals surface area contributed by atoms with E-state index in [1.807, 2.05) is 0 Å². The van der Waals surface area contributed by atoms with Gasteiger partial charge in [-0.05, 0) is 36.4 Å². The summed E-state index contributed by atoms with van der Waals surface area (Å²) in [6.07, 6.45) is 2.91. The Morgan fingerprint density at radius 1 is 0.844 bits per heavy atom. The second-order valence-corrected chi connectivity index (χ2v) is 7.36. The molecule has 4 aromatic rings. The van der Waals surface area contributed by atoms with Crippen LogP contribution in [0.2, 0.25) is 10.0 Å². The Kier molecular flexibility index (Phi) is 6.18. The molecule has 0 fully saturated rings. The van der Waals surface area contributed by atoms with Crippen LogP contribution in [-0.4, -0.2) is 27.0 Å². The highest BCUT2D eigenvalue weighted by molar-refractivity contribution is 6.40. The zero-order valence-electron chi connectivity index (χ0n) is 16.3. The number of carbonyl (C=O) groups excluding carboxylic acids is 2.